The Morgan fingerprint density at radius 3 is 2.48 bits per heavy atom. The number of hydrogen-bond acceptors (Lipinski definition) is 5. The van der Waals surface area contributed by atoms with E-state index in [4.69, 9.17) is 9.72 Å². The maximum absolute atomic E-state index is 12.9. The molecule has 3 heterocycles. The molecule has 4 rings (SSSR count). The van der Waals surface area contributed by atoms with Crippen LogP contribution in [-0.2, 0) is 0 Å². The van der Waals surface area contributed by atoms with E-state index < -0.39 is 0 Å². The smallest absolute Gasteiger partial charge is 0.257 e. The number of nitrogens with zero attached hydrogens (tertiary/aromatic N) is 4. The average molecular weight is 390 g/mol. The molecule has 0 N–H and O–H groups in total. The summed E-state index contributed by atoms with van der Waals surface area (Å²) in [6.45, 7) is 7.17. The number of carbonyl (C=O) groups is 1. The second-order valence-electron chi connectivity index (χ2n) is 7.76. The highest BCUT2D eigenvalue weighted by Gasteiger charge is 2.26. The Morgan fingerprint density at radius 1 is 1.03 bits per heavy atom. The molecule has 3 aromatic rings. The van der Waals surface area contributed by atoms with Crippen LogP contribution in [0.25, 0.3) is 10.8 Å². The van der Waals surface area contributed by atoms with E-state index in [9.17, 15) is 4.79 Å². The zero-order valence-corrected chi connectivity index (χ0v) is 17.4. The number of hydrogen-bond donors (Lipinski definition) is 0. The van der Waals surface area contributed by atoms with Crippen LogP contribution in [-0.4, -0.2) is 46.0 Å². The fourth-order valence-electron chi connectivity index (χ4n) is 4.09. The summed E-state index contributed by atoms with van der Waals surface area (Å²) >= 11 is 0. The Bertz CT molecular complexity index is 1070. The average Bonchev–Trinajstić information content (AvgIpc) is 2.72. The molecule has 1 amide bonds. The number of aromatic nitrogens is 3. The van der Waals surface area contributed by atoms with Gasteiger partial charge in [-0.2, -0.15) is 0 Å². The van der Waals surface area contributed by atoms with Crippen LogP contribution in [0.3, 0.4) is 0 Å². The number of methoxy groups -OCH3 is 1. The third-order valence-corrected chi connectivity index (χ3v) is 5.79. The summed E-state index contributed by atoms with van der Waals surface area (Å²) < 4.78 is 5.46. The van der Waals surface area contributed by atoms with Crippen LogP contribution >= 0.6 is 0 Å². The number of pyridine rings is 1. The minimum Gasteiger partial charge on any atom is -0.496 e. The van der Waals surface area contributed by atoms with E-state index in [-0.39, 0.29) is 5.91 Å². The van der Waals surface area contributed by atoms with E-state index in [0.717, 1.165) is 46.3 Å². The first-order valence-electron chi connectivity index (χ1n) is 10.00. The summed E-state index contributed by atoms with van der Waals surface area (Å²) in [5, 5.41) is 2.26. The van der Waals surface area contributed by atoms with Gasteiger partial charge in [0.2, 0.25) is 0 Å². The summed E-state index contributed by atoms with van der Waals surface area (Å²) in [6.07, 6.45) is 5.39. The molecule has 0 spiro atoms. The maximum Gasteiger partial charge on any atom is 0.257 e. The van der Waals surface area contributed by atoms with Gasteiger partial charge in [0.25, 0.3) is 5.91 Å². The highest BCUT2D eigenvalue weighted by Crippen LogP contribution is 2.31. The van der Waals surface area contributed by atoms with E-state index in [1.807, 2.05) is 31.9 Å². The standard InChI is InChI=1S/C23H26N4O2/c1-14-9-19-12-25-21(10-18(19)11-22(14)29-4)17-5-7-27(8-6-17)23(28)20-13-24-16(3)26-15(20)2/h9-13,17H,5-8H2,1-4H3. The third kappa shape index (κ3) is 3.79. The molecule has 150 valence electrons. The van der Waals surface area contributed by atoms with Gasteiger partial charge in [0, 0.05) is 42.5 Å². The molecule has 0 unspecified atom stereocenters. The number of benzene rings is 1. The van der Waals surface area contributed by atoms with E-state index in [0.29, 0.717) is 30.4 Å². The topological polar surface area (TPSA) is 68.2 Å². The molecule has 1 fully saturated rings. The van der Waals surface area contributed by atoms with Crippen LogP contribution in [0.4, 0.5) is 0 Å². The Labute approximate surface area is 171 Å². The first kappa shape index (κ1) is 19.3. The van der Waals surface area contributed by atoms with Crippen molar-refractivity contribution in [2.24, 2.45) is 0 Å². The van der Waals surface area contributed by atoms with Gasteiger partial charge in [0.15, 0.2) is 0 Å². The molecule has 6 nitrogen and oxygen atoms in total. The second-order valence-corrected chi connectivity index (χ2v) is 7.76. The van der Waals surface area contributed by atoms with Gasteiger partial charge < -0.3 is 9.64 Å². The van der Waals surface area contributed by atoms with Crippen LogP contribution < -0.4 is 4.74 Å². The van der Waals surface area contributed by atoms with Crippen molar-refractivity contribution in [2.75, 3.05) is 20.2 Å². The summed E-state index contributed by atoms with van der Waals surface area (Å²) in [7, 11) is 1.70. The fourth-order valence-corrected chi connectivity index (χ4v) is 4.09. The SMILES string of the molecule is COc1cc2cc(C3CCN(C(=O)c4cnc(C)nc4C)CC3)ncc2cc1C. The molecule has 0 bridgehead atoms. The zero-order valence-electron chi connectivity index (χ0n) is 17.4. The Kier molecular flexibility index (Phi) is 5.18. The molecule has 1 saturated heterocycles. The van der Waals surface area contributed by atoms with Gasteiger partial charge in [-0.15, -0.1) is 0 Å². The number of piperidine rings is 1. The molecule has 1 aliphatic heterocycles. The van der Waals surface area contributed by atoms with Crippen molar-refractivity contribution in [3.63, 3.8) is 0 Å². The largest absolute Gasteiger partial charge is 0.496 e. The van der Waals surface area contributed by atoms with Gasteiger partial charge in [-0.05, 0) is 62.8 Å². The van der Waals surface area contributed by atoms with Crippen molar-refractivity contribution in [2.45, 2.75) is 39.5 Å². The van der Waals surface area contributed by atoms with E-state index in [1.165, 1.54) is 0 Å². The molecule has 0 atom stereocenters. The Balaban J connectivity index is 1.49. The lowest BCUT2D eigenvalue weighted by molar-refractivity contribution is 0.0710. The normalized spacial score (nSPS) is 15.0. The van der Waals surface area contributed by atoms with Crippen LogP contribution in [0, 0.1) is 20.8 Å². The van der Waals surface area contributed by atoms with Crippen molar-refractivity contribution < 1.29 is 9.53 Å². The van der Waals surface area contributed by atoms with Crippen molar-refractivity contribution in [3.8, 4) is 5.75 Å². The molecule has 0 radical (unpaired) electrons. The second kappa shape index (κ2) is 7.78. The fraction of sp³-hybridized carbons (Fsp3) is 0.391. The minimum atomic E-state index is 0.0210. The van der Waals surface area contributed by atoms with Gasteiger partial charge in [-0.3, -0.25) is 9.78 Å². The summed E-state index contributed by atoms with van der Waals surface area (Å²) in [5.74, 6) is 1.96. The first-order valence-corrected chi connectivity index (χ1v) is 10.00. The lowest BCUT2D eigenvalue weighted by Gasteiger charge is -2.32. The number of rotatable bonds is 3. The van der Waals surface area contributed by atoms with Crippen LogP contribution in [0.1, 0.15) is 51.9 Å². The van der Waals surface area contributed by atoms with Gasteiger partial charge >= 0.3 is 0 Å². The van der Waals surface area contributed by atoms with Crippen LogP contribution in [0.5, 0.6) is 5.75 Å². The van der Waals surface area contributed by atoms with Crippen molar-refractivity contribution in [3.05, 3.63) is 58.9 Å². The number of ether oxygens (including phenoxy) is 1. The third-order valence-electron chi connectivity index (χ3n) is 5.79. The maximum atomic E-state index is 12.9. The first-order chi connectivity index (χ1) is 14.0. The molecule has 1 aromatic carbocycles. The lowest BCUT2D eigenvalue weighted by atomic mass is 9.91. The van der Waals surface area contributed by atoms with Crippen LogP contribution in [0.15, 0.2) is 30.6 Å². The van der Waals surface area contributed by atoms with Gasteiger partial charge in [0.1, 0.15) is 11.6 Å². The van der Waals surface area contributed by atoms with Crippen LogP contribution in [0.2, 0.25) is 0 Å². The quantitative estimate of drug-likeness (QED) is 0.677. The number of carbonyl (C=O) groups excluding carboxylic acids is 1. The van der Waals surface area contributed by atoms with Crippen molar-refractivity contribution in [1.82, 2.24) is 19.9 Å². The lowest BCUT2D eigenvalue weighted by Crippen LogP contribution is -2.38. The molecule has 0 aliphatic carbocycles. The predicted molar refractivity (Wildman–Crippen MR) is 112 cm³/mol. The summed E-state index contributed by atoms with van der Waals surface area (Å²) in [5.41, 5.74) is 3.53. The molecular weight excluding hydrogens is 364 g/mol. The summed E-state index contributed by atoms with van der Waals surface area (Å²) in [4.78, 5) is 28.0. The zero-order chi connectivity index (χ0) is 20.5. The van der Waals surface area contributed by atoms with Crippen molar-refractivity contribution >= 4 is 16.7 Å². The van der Waals surface area contributed by atoms with Gasteiger partial charge in [-0.25, -0.2) is 9.97 Å². The Hall–Kier alpha value is -3.02. The number of amides is 1. The monoisotopic (exact) mass is 390 g/mol. The molecule has 0 saturated carbocycles. The molecular formula is C23H26N4O2. The number of aryl methyl sites for hydroxylation is 3. The molecule has 29 heavy (non-hydrogen) atoms. The Morgan fingerprint density at radius 2 is 1.79 bits per heavy atom. The molecule has 1 aliphatic rings. The van der Waals surface area contributed by atoms with Gasteiger partial charge in [0.05, 0.1) is 18.4 Å². The van der Waals surface area contributed by atoms with E-state index in [2.05, 4.69) is 28.2 Å². The minimum absolute atomic E-state index is 0.0210. The summed E-state index contributed by atoms with van der Waals surface area (Å²) in [6, 6.07) is 6.35. The highest BCUT2D eigenvalue weighted by atomic mass is 16.5. The molecule has 6 heteroatoms. The number of likely N-dealkylation sites (tertiary alicyclic amines) is 1. The number of fused-ring (bicyclic) bond motifs is 1. The van der Waals surface area contributed by atoms with E-state index >= 15 is 0 Å². The van der Waals surface area contributed by atoms with Crippen molar-refractivity contribution in [1.29, 1.82) is 0 Å². The predicted octanol–water partition coefficient (Wildman–Crippen LogP) is 3.98. The molecule has 2 aromatic heterocycles. The van der Waals surface area contributed by atoms with Gasteiger partial charge in [-0.1, -0.05) is 0 Å². The van der Waals surface area contributed by atoms with E-state index in [1.54, 1.807) is 13.3 Å². The highest BCUT2D eigenvalue weighted by molar-refractivity contribution is 5.95.